The van der Waals surface area contributed by atoms with Crippen molar-refractivity contribution in [3.05, 3.63) is 69.9 Å². The van der Waals surface area contributed by atoms with E-state index in [9.17, 15) is 4.39 Å². The third kappa shape index (κ3) is 2.45. The van der Waals surface area contributed by atoms with Crippen molar-refractivity contribution in [3.8, 4) is 0 Å². The molecule has 3 heteroatoms. The first kappa shape index (κ1) is 12.8. The molecule has 1 aliphatic rings. The highest BCUT2D eigenvalue weighted by atomic mass is 79.9. The van der Waals surface area contributed by atoms with Crippen molar-refractivity contribution in [2.45, 2.75) is 11.8 Å². The largest absolute Gasteiger partial charge is 0.315 e. The minimum absolute atomic E-state index is 0.0306. The minimum atomic E-state index is -0.120. The second kappa shape index (κ2) is 5.06. The van der Waals surface area contributed by atoms with Gasteiger partial charge in [0.25, 0.3) is 0 Å². The molecule has 19 heavy (non-hydrogen) atoms. The van der Waals surface area contributed by atoms with Crippen molar-refractivity contribution in [1.29, 1.82) is 0 Å². The van der Waals surface area contributed by atoms with Gasteiger partial charge in [0.1, 0.15) is 5.82 Å². The number of hydrogen-bond donors (Lipinski definition) is 1. The number of benzene rings is 2. The monoisotopic (exact) mass is 319 g/mol. The molecule has 0 spiro atoms. The molecular formula is C16H15BrFN. The van der Waals surface area contributed by atoms with Crippen LogP contribution in [0, 0.1) is 5.82 Å². The van der Waals surface area contributed by atoms with Crippen LogP contribution in [0.15, 0.2) is 53.0 Å². The van der Waals surface area contributed by atoms with Gasteiger partial charge in [0.05, 0.1) is 0 Å². The van der Waals surface area contributed by atoms with Crippen molar-refractivity contribution in [2.75, 3.05) is 13.1 Å². The molecule has 1 aliphatic heterocycles. The Labute approximate surface area is 121 Å². The van der Waals surface area contributed by atoms with E-state index in [0.717, 1.165) is 29.5 Å². The Morgan fingerprint density at radius 3 is 2.47 bits per heavy atom. The van der Waals surface area contributed by atoms with Crippen molar-refractivity contribution < 1.29 is 4.39 Å². The van der Waals surface area contributed by atoms with E-state index >= 15 is 0 Å². The molecule has 0 aliphatic carbocycles. The molecule has 1 fully saturated rings. The lowest BCUT2D eigenvalue weighted by atomic mass is 9.71. The first-order valence-corrected chi connectivity index (χ1v) is 7.19. The Morgan fingerprint density at radius 1 is 1.11 bits per heavy atom. The summed E-state index contributed by atoms with van der Waals surface area (Å²) in [4.78, 5) is 0. The standard InChI is InChI=1S/C16H15BrFN/c17-14-6-7-15(18)12(8-14)9-16(10-19-11-16)13-4-2-1-3-5-13/h1-8,19H,9-11H2. The number of halogens is 2. The van der Waals surface area contributed by atoms with Crippen molar-refractivity contribution >= 4 is 15.9 Å². The second-order valence-corrected chi connectivity index (χ2v) is 6.08. The number of nitrogens with one attached hydrogen (secondary N) is 1. The first-order valence-electron chi connectivity index (χ1n) is 6.40. The van der Waals surface area contributed by atoms with Gasteiger partial charge in [-0.15, -0.1) is 0 Å². The average Bonchev–Trinajstić information content (AvgIpc) is 2.39. The van der Waals surface area contributed by atoms with Crippen LogP contribution in [0.25, 0.3) is 0 Å². The normalized spacial score (nSPS) is 16.9. The Bertz CT molecular complexity index is 579. The molecule has 1 saturated heterocycles. The summed E-state index contributed by atoms with van der Waals surface area (Å²) in [6, 6.07) is 15.5. The molecule has 3 rings (SSSR count). The predicted octanol–water partition coefficient (Wildman–Crippen LogP) is 3.67. The van der Waals surface area contributed by atoms with Gasteiger partial charge in [-0.1, -0.05) is 46.3 Å². The molecule has 2 aromatic carbocycles. The third-order valence-electron chi connectivity index (χ3n) is 3.85. The van der Waals surface area contributed by atoms with E-state index in [1.54, 1.807) is 6.07 Å². The molecule has 1 nitrogen and oxygen atoms in total. The lowest BCUT2D eigenvalue weighted by Crippen LogP contribution is -2.58. The Morgan fingerprint density at radius 2 is 1.84 bits per heavy atom. The SMILES string of the molecule is Fc1ccc(Br)cc1CC1(c2ccccc2)CNC1. The fourth-order valence-corrected chi connectivity index (χ4v) is 3.10. The Balaban J connectivity index is 1.94. The summed E-state index contributed by atoms with van der Waals surface area (Å²) in [6.07, 6.45) is 0.731. The van der Waals surface area contributed by atoms with Gasteiger partial charge in [0.2, 0.25) is 0 Å². The van der Waals surface area contributed by atoms with Crippen molar-refractivity contribution in [2.24, 2.45) is 0 Å². The van der Waals surface area contributed by atoms with E-state index in [2.05, 4.69) is 33.4 Å². The molecule has 0 unspecified atom stereocenters. The molecule has 0 bridgehead atoms. The molecule has 2 aromatic rings. The first-order chi connectivity index (χ1) is 9.20. The molecule has 1 heterocycles. The van der Waals surface area contributed by atoms with Gasteiger partial charge < -0.3 is 5.32 Å². The molecular weight excluding hydrogens is 305 g/mol. The summed E-state index contributed by atoms with van der Waals surface area (Å²) in [6.45, 7) is 1.81. The van der Waals surface area contributed by atoms with Crippen LogP contribution in [-0.4, -0.2) is 13.1 Å². The zero-order chi connectivity index (χ0) is 13.3. The van der Waals surface area contributed by atoms with Crippen LogP contribution in [-0.2, 0) is 11.8 Å². The summed E-state index contributed by atoms with van der Waals surface area (Å²) in [5.74, 6) is -0.120. The van der Waals surface area contributed by atoms with Crippen LogP contribution in [0.2, 0.25) is 0 Å². The van der Waals surface area contributed by atoms with E-state index in [1.165, 1.54) is 11.6 Å². The van der Waals surface area contributed by atoms with Crippen molar-refractivity contribution in [3.63, 3.8) is 0 Å². The van der Waals surface area contributed by atoms with Gasteiger partial charge in [-0.3, -0.25) is 0 Å². The topological polar surface area (TPSA) is 12.0 Å². The fraction of sp³-hybridized carbons (Fsp3) is 0.250. The van der Waals surface area contributed by atoms with Gasteiger partial charge >= 0.3 is 0 Å². The average molecular weight is 320 g/mol. The number of hydrogen-bond acceptors (Lipinski definition) is 1. The molecule has 0 saturated carbocycles. The van der Waals surface area contributed by atoms with E-state index in [1.807, 2.05) is 24.3 Å². The molecule has 98 valence electrons. The van der Waals surface area contributed by atoms with Gasteiger partial charge in [-0.05, 0) is 35.7 Å². The molecule has 1 N–H and O–H groups in total. The van der Waals surface area contributed by atoms with Crippen LogP contribution < -0.4 is 5.32 Å². The van der Waals surface area contributed by atoms with Gasteiger partial charge in [-0.2, -0.15) is 0 Å². The van der Waals surface area contributed by atoms with Crippen LogP contribution in [0.3, 0.4) is 0 Å². The maximum absolute atomic E-state index is 13.9. The zero-order valence-corrected chi connectivity index (χ0v) is 12.1. The molecule has 0 aromatic heterocycles. The van der Waals surface area contributed by atoms with Crippen LogP contribution in [0.5, 0.6) is 0 Å². The maximum Gasteiger partial charge on any atom is 0.126 e. The van der Waals surface area contributed by atoms with E-state index in [4.69, 9.17) is 0 Å². The minimum Gasteiger partial charge on any atom is -0.315 e. The Hall–Kier alpha value is -1.19. The van der Waals surface area contributed by atoms with E-state index < -0.39 is 0 Å². The number of rotatable bonds is 3. The highest BCUT2D eigenvalue weighted by Crippen LogP contribution is 2.33. The van der Waals surface area contributed by atoms with E-state index in [0.29, 0.717) is 0 Å². The van der Waals surface area contributed by atoms with Gasteiger partial charge in [-0.25, -0.2) is 4.39 Å². The lowest BCUT2D eigenvalue weighted by molar-refractivity contribution is 0.272. The summed E-state index contributed by atoms with van der Waals surface area (Å²) in [7, 11) is 0. The quantitative estimate of drug-likeness (QED) is 0.910. The smallest absolute Gasteiger partial charge is 0.126 e. The van der Waals surface area contributed by atoms with Gasteiger partial charge in [0, 0.05) is 23.0 Å². The highest BCUT2D eigenvalue weighted by molar-refractivity contribution is 9.10. The molecule has 0 radical (unpaired) electrons. The highest BCUT2D eigenvalue weighted by Gasteiger charge is 2.39. The Kier molecular flexibility index (Phi) is 3.42. The molecule has 0 atom stereocenters. The summed E-state index contributed by atoms with van der Waals surface area (Å²) >= 11 is 3.42. The maximum atomic E-state index is 13.9. The zero-order valence-electron chi connectivity index (χ0n) is 10.5. The summed E-state index contributed by atoms with van der Waals surface area (Å²) in [5.41, 5.74) is 2.09. The fourth-order valence-electron chi connectivity index (χ4n) is 2.69. The second-order valence-electron chi connectivity index (χ2n) is 5.16. The lowest BCUT2D eigenvalue weighted by Gasteiger charge is -2.43. The van der Waals surface area contributed by atoms with Crippen LogP contribution in [0.4, 0.5) is 4.39 Å². The molecule has 0 amide bonds. The van der Waals surface area contributed by atoms with E-state index in [-0.39, 0.29) is 11.2 Å². The summed E-state index contributed by atoms with van der Waals surface area (Å²) < 4.78 is 14.9. The third-order valence-corrected chi connectivity index (χ3v) is 4.34. The summed E-state index contributed by atoms with van der Waals surface area (Å²) in [5, 5.41) is 3.32. The van der Waals surface area contributed by atoms with Crippen LogP contribution in [0.1, 0.15) is 11.1 Å². The van der Waals surface area contributed by atoms with Gasteiger partial charge in [0.15, 0.2) is 0 Å². The predicted molar refractivity (Wildman–Crippen MR) is 78.8 cm³/mol. The van der Waals surface area contributed by atoms with Crippen molar-refractivity contribution in [1.82, 2.24) is 5.32 Å². The van der Waals surface area contributed by atoms with Crippen LogP contribution >= 0.6 is 15.9 Å².